The van der Waals surface area contributed by atoms with Gasteiger partial charge in [-0.3, -0.25) is 0 Å². The third kappa shape index (κ3) is 1.22. The number of halogens is 2. The molecule has 0 spiro atoms. The predicted octanol–water partition coefficient (Wildman–Crippen LogP) is 1.53. The lowest BCUT2D eigenvalue weighted by Crippen LogP contribution is -2.02. The van der Waals surface area contributed by atoms with E-state index < -0.39 is 6.05 Å². The fourth-order valence-electron chi connectivity index (χ4n) is 0.422. The lowest BCUT2D eigenvalue weighted by molar-refractivity contribution is 0.0634. The Balaban J connectivity index is 2.74. The van der Waals surface area contributed by atoms with Crippen LogP contribution in [0.4, 0.5) is 8.78 Å². The number of hydrogen-bond donors (Lipinski definition) is 0. The first-order valence-corrected chi connectivity index (χ1v) is 2.21. The van der Waals surface area contributed by atoms with Crippen molar-refractivity contribution in [1.29, 1.82) is 0 Å². The maximum atomic E-state index is 12.0. The van der Waals surface area contributed by atoms with E-state index in [-0.39, 0.29) is 5.88 Å². The second kappa shape index (κ2) is 1.75. The van der Waals surface area contributed by atoms with Crippen LogP contribution in [0.2, 0.25) is 0 Å². The standard InChI is InChI=1S/C4H4F2N2O/c1-9-3-2-4(5,6)8-7-3/h2H,1H3. The molecule has 0 atom stereocenters. The smallest absolute Gasteiger partial charge is 0.384 e. The first-order valence-electron chi connectivity index (χ1n) is 2.21. The molecule has 0 aromatic heterocycles. The van der Waals surface area contributed by atoms with Crippen molar-refractivity contribution in [3.63, 3.8) is 0 Å². The molecular formula is C4H4F2N2O. The van der Waals surface area contributed by atoms with Crippen molar-refractivity contribution in [3.8, 4) is 0 Å². The van der Waals surface area contributed by atoms with Crippen LogP contribution in [0, 0.1) is 0 Å². The zero-order chi connectivity index (χ0) is 6.91. The quantitative estimate of drug-likeness (QED) is 0.500. The summed E-state index contributed by atoms with van der Waals surface area (Å²) in [6, 6.07) is -3.16. The summed E-state index contributed by atoms with van der Waals surface area (Å²) in [4.78, 5) is 0. The van der Waals surface area contributed by atoms with Crippen molar-refractivity contribution in [1.82, 2.24) is 0 Å². The molecule has 0 aromatic rings. The van der Waals surface area contributed by atoms with Gasteiger partial charge in [0.2, 0.25) is 5.88 Å². The fourth-order valence-corrected chi connectivity index (χ4v) is 0.422. The monoisotopic (exact) mass is 134 g/mol. The second-order valence-electron chi connectivity index (χ2n) is 1.47. The Bertz CT molecular complexity index is 175. The van der Waals surface area contributed by atoms with Gasteiger partial charge in [-0.2, -0.15) is 8.78 Å². The van der Waals surface area contributed by atoms with Crippen LogP contribution in [0.1, 0.15) is 0 Å². The topological polar surface area (TPSA) is 34.0 Å². The molecule has 0 bridgehead atoms. The molecule has 1 aliphatic rings. The summed E-state index contributed by atoms with van der Waals surface area (Å²) < 4.78 is 28.3. The Morgan fingerprint density at radius 3 is 2.56 bits per heavy atom. The van der Waals surface area contributed by atoms with E-state index in [1.807, 2.05) is 0 Å². The Morgan fingerprint density at radius 2 is 2.33 bits per heavy atom. The number of alkyl halides is 2. The summed E-state index contributed by atoms with van der Waals surface area (Å²) in [5.41, 5.74) is 0. The van der Waals surface area contributed by atoms with Gasteiger partial charge in [-0.1, -0.05) is 0 Å². The number of rotatable bonds is 1. The molecule has 0 saturated heterocycles. The van der Waals surface area contributed by atoms with E-state index >= 15 is 0 Å². The molecule has 1 aliphatic heterocycles. The van der Waals surface area contributed by atoms with Gasteiger partial charge in [0.15, 0.2) is 0 Å². The van der Waals surface area contributed by atoms with Crippen molar-refractivity contribution in [2.24, 2.45) is 10.2 Å². The molecule has 1 heterocycles. The van der Waals surface area contributed by atoms with Gasteiger partial charge < -0.3 is 4.74 Å². The van der Waals surface area contributed by atoms with Crippen LogP contribution in [0.15, 0.2) is 22.2 Å². The minimum atomic E-state index is -3.16. The number of hydrogen-bond acceptors (Lipinski definition) is 3. The Hall–Kier alpha value is -1.00. The van der Waals surface area contributed by atoms with Gasteiger partial charge in [-0.15, -0.1) is 10.2 Å². The maximum absolute atomic E-state index is 12.0. The fraction of sp³-hybridized carbons (Fsp3) is 0.500. The van der Waals surface area contributed by atoms with Crippen molar-refractivity contribution in [3.05, 3.63) is 12.0 Å². The van der Waals surface area contributed by atoms with Gasteiger partial charge in [0.25, 0.3) is 0 Å². The highest BCUT2D eigenvalue weighted by molar-refractivity contribution is 5.03. The van der Waals surface area contributed by atoms with Crippen LogP contribution in [0.3, 0.4) is 0 Å². The van der Waals surface area contributed by atoms with Crippen LogP contribution in [-0.2, 0) is 4.74 Å². The van der Waals surface area contributed by atoms with Gasteiger partial charge in [-0.25, -0.2) is 0 Å². The number of methoxy groups -OCH3 is 1. The molecule has 0 aliphatic carbocycles. The third-order valence-corrected chi connectivity index (χ3v) is 0.788. The van der Waals surface area contributed by atoms with E-state index in [0.29, 0.717) is 6.08 Å². The van der Waals surface area contributed by atoms with Crippen molar-refractivity contribution >= 4 is 0 Å². The summed E-state index contributed by atoms with van der Waals surface area (Å²) in [6.07, 6.45) is 0.549. The lowest BCUT2D eigenvalue weighted by atomic mass is 10.5. The van der Waals surface area contributed by atoms with E-state index in [9.17, 15) is 8.78 Å². The summed E-state index contributed by atoms with van der Waals surface area (Å²) in [6.45, 7) is 0. The first kappa shape index (κ1) is 6.12. The SMILES string of the molecule is COC1=CC(F)(F)N=N1. The van der Waals surface area contributed by atoms with Crippen molar-refractivity contribution in [2.75, 3.05) is 7.11 Å². The van der Waals surface area contributed by atoms with E-state index in [2.05, 4.69) is 15.0 Å². The molecule has 50 valence electrons. The molecule has 0 fully saturated rings. The third-order valence-electron chi connectivity index (χ3n) is 0.788. The lowest BCUT2D eigenvalue weighted by Gasteiger charge is -1.93. The van der Waals surface area contributed by atoms with Gasteiger partial charge in [0.1, 0.15) is 0 Å². The molecular weight excluding hydrogens is 130 g/mol. The van der Waals surface area contributed by atoms with E-state index in [1.165, 1.54) is 7.11 Å². The minimum Gasteiger partial charge on any atom is -0.480 e. The summed E-state index contributed by atoms with van der Waals surface area (Å²) >= 11 is 0. The van der Waals surface area contributed by atoms with Gasteiger partial charge in [0.05, 0.1) is 13.2 Å². The van der Waals surface area contributed by atoms with Crippen LogP contribution in [0.25, 0.3) is 0 Å². The van der Waals surface area contributed by atoms with Crippen LogP contribution in [-0.4, -0.2) is 13.2 Å². The Morgan fingerprint density at radius 1 is 1.67 bits per heavy atom. The largest absolute Gasteiger partial charge is 0.480 e. The molecule has 0 unspecified atom stereocenters. The molecule has 0 aromatic carbocycles. The van der Waals surface area contributed by atoms with Crippen LogP contribution in [0.5, 0.6) is 0 Å². The maximum Gasteiger partial charge on any atom is 0.384 e. The Labute approximate surface area is 50.0 Å². The zero-order valence-electron chi connectivity index (χ0n) is 4.64. The van der Waals surface area contributed by atoms with E-state index in [1.54, 1.807) is 0 Å². The first-order chi connectivity index (χ1) is 4.14. The summed E-state index contributed by atoms with van der Waals surface area (Å²) in [5, 5.41) is 5.62. The van der Waals surface area contributed by atoms with Gasteiger partial charge >= 0.3 is 6.05 Å². The number of ether oxygens (including phenoxy) is 1. The molecule has 5 heteroatoms. The number of nitrogens with zero attached hydrogens (tertiary/aromatic N) is 2. The molecule has 0 N–H and O–H groups in total. The molecule has 0 saturated carbocycles. The zero-order valence-corrected chi connectivity index (χ0v) is 4.64. The van der Waals surface area contributed by atoms with Crippen LogP contribution >= 0.6 is 0 Å². The van der Waals surface area contributed by atoms with Gasteiger partial charge in [-0.05, 0) is 0 Å². The minimum absolute atomic E-state index is 0.139. The highest BCUT2D eigenvalue weighted by atomic mass is 19.3. The molecule has 3 nitrogen and oxygen atoms in total. The normalized spacial score (nSPS) is 21.9. The van der Waals surface area contributed by atoms with Crippen molar-refractivity contribution < 1.29 is 13.5 Å². The van der Waals surface area contributed by atoms with Crippen molar-refractivity contribution in [2.45, 2.75) is 6.05 Å². The molecule has 0 radical (unpaired) electrons. The van der Waals surface area contributed by atoms with Crippen LogP contribution < -0.4 is 0 Å². The second-order valence-corrected chi connectivity index (χ2v) is 1.47. The predicted molar refractivity (Wildman–Crippen MR) is 24.9 cm³/mol. The summed E-state index contributed by atoms with van der Waals surface area (Å²) in [7, 11) is 1.26. The van der Waals surface area contributed by atoms with E-state index in [4.69, 9.17) is 0 Å². The Kier molecular flexibility index (Phi) is 1.19. The average molecular weight is 134 g/mol. The average Bonchev–Trinajstić information content (AvgIpc) is 2.10. The highest BCUT2D eigenvalue weighted by Crippen LogP contribution is 2.26. The molecule has 1 rings (SSSR count). The van der Waals surface area contributed by atoms with E-state index in [0.717, 1.165) is 0 Å². The number of azo groups is 1. The van der Waals surface area contributed by atoms with Gasteiger partial charge in [0, 0.05) is 0 Å². The molecule has 0 amide bonds. The summed E-state index contributed by atoms with van der Waals surface area (Å²) in [5.74, 6) is -0.139. The highest BCUT2D eigenvalue weighted by Gasteiger charge is 2.31. The molecule has 9 heavy (non-hydrogen) atoms.